The summed E-state index contributed by atoms with van der Waals surface area (Å²) in [5.74, 6) is -0.479. The van der Waals surface area contributed by atoms with Gasteiger partial charge >= 0.3 is 0 Å². The van der Waals surface area contributed by atoms with Crippen LogP contribution in [-0.4, -0.2) is 23.4 Å². The Morgan fingerprint density at radius 3 is 2.82 bits per heavy atom. The summed E-state index contributed by atoms with van der Waals surface area (Å²) < 4.78 is 6.31. The summed E-state index contributed by atoms with van der Waals surface area (Å²) >= 11 is 4.93. The van der Waals surface area contributed by atoms with Crippen LogP contribution in [0.15, 0.2) is 53.1 Å². The minimum Gasteiger partial charge on any atom is -0.484 e. The van der Waals surface area contributed by atoms with E-state index in [1.165, 1.54) is 22.5 Å². The molecule has 28 heavy (non-hydrogen) atoms. The van der Waals surface area contributed by atoms with Crippen LogP contribution in [0.25, 0.3) is 0 Å². The summed E-state index contributed by atoms with van der Waals surface area (Å²) in [7, 11) is 0. The second kappa shape index (κ2) is 8.99. The van der Waals surface area contributed by atoms with Gasteiger partial charge in [0, 0.05) is 27.5 Å². The van der Waals surface area contributed by atoms with E-state index in [1.807, 2.05) is 13.0 Å². The maximum Gasteiger partial charge on any atom is 0.257 e. The Hall–Kier alpha value is -2.71. The summed E-state index contributed by atoms with van der Waals surface area (Å²) in [6.45, 7) is 1.81. The Morgan fingerprint density at radius 2 is 2.07 bits per heavy atom. The lowest BCUT2D eigenvalue weighted by Gasteiger charge is -2.06. The quantitative estimate of drug-likeness (QED) is 0.559. The molecule has 2 amide bonds. The number of carbonyl (C=O) groups excluding carboxylic acids is 2. The van der Waals surface area contributed by atoms with Gasteiger partial charge in [-0.3, -0.25) is 14.9 Å². The van der Waals surface area contributed by atoms with Crippen molar-refractivity contribution in [2.24, 2.45) is 5.73 Å². The summed E-state index contributed by atoms with van der Waals surface area (Å²) in [6, 6.07) is 12.8. The van der Waals surface area contributed by atoms with Crippen LogP contribution in [0.4, 0.5) is 5.13 Å². The van der Waals surface area contributed by atoms with Gasteiger partial charge in [0.25, 0.3) is 11.8 Å². The van der Waals surface area contributed by atoms with E-state index in [2.05, 4.69) is 38.4 Å². The van der Waals surface area contributed by atoms with Crippen molar-refractivity contribution < 1.29 is 14.3 Å². The highest BCUT2D eigenvalue weighted by molar-refractivity contribution is 9.10. The number of thiazole rings is 1. The number of benzene rings is 2. The van der Waals surface area contributed by atoms with Gasteiger partial charge in [-0.2, -0.15) is 0 Å². The normalized spacial score (nSPS) is 10.5. The predicted molar refractivity (Wildman–Crippen MR) is 113 cm³/mol. The van der Waals surface area contributed by atoms with Gasteiger partial charge in [-0.05, 0) is 42.3 Å². The van der Waals surface area contributed by atoms with Gasteiger partial charge in [0.1, 0.15) is 5.75 Å². The summed E-state index contributed by atoms with van der Waals surface area (Å²) in [5.41, 5.74) is 7.82. The number of hydrogen-bond acceptors (Lipinski definition) is 5. The topological polar surface area (TPSA) is 94.3 Å². The standard InChI is InChI=1S/C20H18BrN3O3S/c1-12-7-13(5-6-17(12)21)8-16-10-23-20(28-16)24-19(26)14-3-2-4-15(9-14)27-11-18(22)25/h2-7,9-10H,8,11H2,1H3,(H2,22,25)(H,23,24,26). The van der Waals surface area contributed by atoms with Gasteiger partial charge in [-0.1, -0.05) is 34.1 Å². The van der Waals surface area contributed by atoms with E-state index in [0.717, 1.165) is 15.8 Å². The lowest BCUT2D eigenvalue weighted by Crippen LogP contribution is -2.20. The molecule has 0 aliphatic carbocycles. The van der Waals surface area contributed by atoms with Crippen molar-refractivity contribution >= 4 is 44.2 Å². The van der Waals surface area contributed by atoms with Crippen molar-refractivity contribution in [2.75, 3.05) is 11.9 Å². The van der Waals surface area contributed by atoms with Gasteiger partial charge in [0.05, 0.1) is 0 Å². The molecule has 0 unspecified atom stereocenters. The number of rotatable bonds is 7. The van der Waals surface area contributed by atoms with Gasteiger partial charge in [0.2, 0.25) is 0 Å². The molecule has 0 aliphatic rings. The Balaban J connectivity index is 1.64. The van der Waals surface area contributed by atoms with Crippen LogP contribution in [0.5, 0.6) is 5.75 Å². The number of anilines is 1. The number of halogens is 1. The molecule has 0 radical (unpaired) electrons. The first-order valence-electron chi connectivity index (χ1n) is 8.43. The molecule has 0 spiro atoms. The minimum atomic E-state index is -0.578. The van der Waals surface area contributed by atoms with Crippen molar-refractivity contribution in [1.29, 1.82) is 0 Å². The highest BCUT2D eigenvalue weighted by Crippen LogP contribution is 2.24. The second-order valence-corrected chi connectivity index (χ2v) is 8.10. The average molecular weight is 460 g/mol. The molecule has 1 heterocycles. The van der Waals surface area contributed by atoms with Gasteiger partial charge in [0.15, 0.2) is 11.7 Å². The number of hydrogen-bond donors (Lipinski definition) is 2. The Bertz CT molecular complexity index is 1020. The summed E-state index contributed by atoms with van der Waals surface area (Å²) in [4.78, 5) is 28.6. The third kappa shape index (κ3) is 5.40. The number of primary amides is 1. The molecule has 144 valence electrons. The second-order valence-electron chi connectivity index (χ2n) is 6.13. The maximum absolute atomic E-state index is 12.5. The lowest BCUT2D eigenvalue weighted by molar-refractivity contribution is -0.119. The molecule has 0 saturated heterocycles. The van der Waals surface area contributed by atoms with Crippen LogP contribution in [0.3, 0.4) is 0 Å². The number of nitrogens with one attached hydrogen (secondary N) is 1. The molecule has 8 heteroatoms. The third-order valence-corrected chi connectivity index (χ3v) is 5.65. The number of nitrogens with two attached hydrogens (primary N) is 1. The Labute approximate surface area is 174 Å². The van der Waals surface area contributed by atoms with Crippen molar-refractivity contribution in [1.82, 2.24) is 4.98 Å². The smallest absolute Gasteiger partial charge is 0.257 e. The van der Waals surface area contributed by atoms with Crippen LogP contribution in [0.1, 0.15) is 26.4 Å². The zero-order valence-corrected chi connectivity index (χ0v) is 17.5. The molecule has 0 fully saturated rings. The van der Waals surface area contributed by atoms with Crippen molar-refractivity contribution in [3.05, 3.63) is 74.7 Å². The van der Waals surface area contributed by atoms with Crippen molar-refractivity contribution in [2.45, 2.75) is 13.3 Å². The molecule has 3 N–H and O–H groups in total. The number of aryl methyl sites for hydroxylation is 1. The SMILES string of the molecule is Cc1cc(Cc2cnc(NC(=O)c3cccc(OCC(N)=O)c3)s2)ccc1Br. The Kier molecular flexibility index (Phi) is 6.43. The van der Waals surface area contributed by atoms with Crippen LogP contribution in [0.2, 0.25) is 0 Å². The van der Waals surface area contributed by atoms with Gasteiger partial charge in [-0.15, -0.1) is 11.3 Å². The lowest BCUT2D eigenvalue weighted by atomic mass is 10.1. The largest absolute Gasteiger partial charge is 0.484 e. The fourth-order valence-corrected chi connectivity index (χ4v) is 3.60. The summed E-state index contributed by atoms with van der Waals surface area (Å²) in [6.07, 6.45) is 2.52. The van der Waals surface area contributed by atoms with Crippen LogP contribution in [-0.2, 0) is 11.2 Å². The number of ether oxygens (including phenoxy) is 1. The average Bonchev–Trinajstić information content (AvgIpc) is 3.10. The van der Waals surface area contributed by atoms with Crippen molar-refractivity contribution in [3.8, 4) is 5.75 Å². The molecule has 0 saturated carbocycles. The van der Waals surface area contributed by atoms with E-state index in [0.29, 0.717) is 16.4 Å². The van der Waals surface area contributed by atoms with E-state index >= 15 is 0 Å². The fraction of sp³-hybridized carbons (Fsp3) is 0.150. The van der Waals surface area contributed by atoms with E-state index in [4.69, 9.17) is 10.5 Å². The fourth-order valence-electron chi connectivity index (χ4n) is 2.52. The van der Waals surface area contributed by atoms with Gasteiger partial charge in [-0.25, -0.2) is 4.98 Å². The minimum absolute atomic E-state index is 0.240. The van der Waals surface area contributed by atoms with Gasteiger partial charge < -0.3 is 10.5 Å². The molecule has 0 atom stereocenters. The Morgan fingerprint density at radius 1 is 1.25 bits per heavy atom. The molecule has 3 rings (SSSR count). The van der Waals surface area contributed by atoms with E-state index in [-0.39, 0.29) is 12.5 Å². The number of carbonyl (C=O) groups is 2. The highest BCUT2D eigenvalue weighted by atomic mass is 79.9. The molecular weight excluding hydrogens is 442 g/mol. The summed E-state index contributed by atoms with van der Waals surface area (Å²) in [5, 5.41) is 3.32. The molecular formula is C20H18BrN3O3S. The van der Waals surface area contributed by atoms with Crippen LogP contribution >= 0.6 is 27.3 Å². The van der Waals surface area contributed by atoms with Crippen molar-refractivity contribution in [3.63, 3.8) is 0 Å². The zero-order valence-electron chi connectivity index (χ0n) is 15.1. The molecule has 0 aliphatic heterocycles. The molecule has 6 nitrogen and oxygen atoms in total. The monoisotopic (exact) mass is 459 g/mol. The molecule has 0 bridgehead atoms. The van der Waals surface area contributed by atoms with E-state index in [1.54, 1.807) is 30.5 Å². The molecule has 3 aromatic rings. The van der Waals surface area contributed by atoms with E-state index < -0.39 is 5.91 Å². The number of nitrogens with zero attached hydrogens (tertiary/aromatic N) is 1. The molecule has 2 aromatic carbocycles. The molecule has 1 aromatic heterocycles. The zero-order chi connectivity index (χ0) is 20.1. The van der Waals surface area contributed by atoms with Crippen LogP contribution < -0.4 is 15.8 Å². The third-order valence-electron chi connectivity index (χ3n) is 3.85. The predicted octanol–water partition coefficient (Wildman–Crippen LogP) is 3.92. The van der Waals surface area contributed by atoms with Crippen LogP contribution in [0, 0.1) is 6.92 Å². The first kappa shape index (κ1) is 20.0. The first-order chi connectivity index (χ1) is 13.4. The number of amides is 2. The first-order valence-corrected chi connectivity index (χ1v) is 10.0. The number of aromatic nitrogens is 1. The van der Waals surface area contributed by atoms with E-state index in [9.17, 15) is 9.59 Å². The maximum atomic E-state index is 12.5. The highest BCUT2D eigenvalue weighted by Gasteiger charge is 2.11.